The molecule has 0 aromatic heterocycles. The van der Waals surface area contributed by atoms with Gasteiger partial charge >= 0.3 is 0 Å². The molecule has 1 aliphatic rings. The standard InChI is InChI=1S/C33H36N2/c1-26(31-20-10-18-29-17-8-9-19-33(29)31)34-24-30-25-35(22-11-14-27-12-4-2-5-13-27)23-21-32(30)28-15-6-3-7-16-28/h2-20,26,30,32,34H,21-25H2,1H3/b14-11+/t26-,30?,32?/m1/s1. The van der Waals surface area contributed by atoms with Crippen molar-refractivity contribution in [3.63, 3.8) is 0 Å². The second-order valence-corrected chi connectivity index (χ2v) is 9.84. The maximum absolute atomic E-state index is 3.92. The predicted molar refractivity (Wildman–Crippen MR) is 150 cm³/mol. The van der Waals surface area contributed by atoms with Crippen molar-refractivity contribution in [3.05, 3.63) is 126 Å². The minimum atomic E-state index is 0.311. The van der Waals surface area contributed by atoms with E-state index in [-0.39, 0.29) is 0 Å². The van der Waals surface area contributed by atoms with Gasteiger partial charge in [0.2, 0.25) is 0 Å². The Kier molecular flexibility index (Phi) is 7.72. The Labute approximate surface area is 210 Å². The first kappa shape index (κ1) is 23.5. The molecule has 0 spiro atoms. The van der Waals surface area contributed by atoms with Crippen LogP contribution in [0.5, 0.6) is 0 Å². The van der Waals surface area contributed by atoms with E-state index >= 15 is 0 Å². The molecule has 2 heteroatoms. The summed E-state index contributed by atoms with van der Waals surface area (Å²) in [5, 5.41) is 6.59. The normalized spacial score (nSPS) is 19.8. The van der Waals surface area contributed by atoms with E-state index < -0.39 is 0 Å². The zero-order valence-corrected chi connectivity index (χ0v) is 20.7. The minimum Gasteiger partial charge on any atom is -0.310 e. The van der Waals surface area contributed by atoms with Crippen LogP contribution in [0.1, 0.15) is 42.0 Å². The molecule has 3 atom stereocenters. The number of benzene rings is 4. The summed E-state index contributed by atoms with van der Waals surface area (Å²) in [4.78, 5) is 2.62. The highest BCUT2D eigenvalue weighted by Crippen LogP contribution is 2.33. The van der Waals surface area contributed by atoms with Crippen LogP contribution in [-0.4, -0.2) is 31.1 Å². The molecule has 4 aromatic rings. The van der Waals surface area contributed by atoms with Crippen LogP contribution in [0.2, 0.25) is 0 Å². The second kappa shape index (κ2) is 11.5. The van der Waals surface area contributed by atoms with E-state index in [0.717, 1.165) is 26.2 Å². The summed E-state index contributed by atoms with van der Waals surface area (Å²) in [7, 11) is 0. The summed E-state index contributed by atoms with van der Waals surface area (Å²) < 4.78 is 0. The summed E-state index contributed by atoms with van der Waals surface area (Å²) in [5.74, 6) is 1.17. The highest BCUT2D eigenvalue weighted by Gasteiger charge is 2.30. The lowest BCUT2D eigenvalue weighted by molar-refractivity contribution is 0.163. The van der Waals surface area contributed by atoms with Crippen molar-refractivity contribution in [2.45, 2.75) is 25.3 Å². The van der Waals surface area contributed by atoms with E-state index in [1.165, 1.54) is 33.9 Å². The lowest BCUT2D eigenvalue weighted by Gasteiger charge is -2.39. The van der Waals surface area contributed by atoms with Crippen molar-refractivity contribution in [1.29, 1.82) is 0 Å². The van der Waals surface area contributed by atoms with Gasteiger partial charge in [0.1, 0.15) is 0 Å². The molecule has 0 radical (unpaired) electrons. The van der Waals surface area contributed by atoms with Crippen LogP contribution >= 0.6 is 0 Å². The number of fused-ring (bicyclic) bond motifs is 1. The first-order valence-corrected chi connectivity index (χ1v) is 13.0. The average Bonchev–Trinajstić information content (AvgIpc) is 2.92. The molecule has 2 nitrogen and oxygen atoms in total. The molecule has 5 rings (SSSR count). The van der Waals surface area contributed by atoms with E-state index in [2.05, 4.69) is 132 Å². The first-order chi connectivity index (χ1) is 17.3. The largest absolute Gasteiger partial charge is 0.310 e. The van der Waals surface area contributed by atoms with E-state index in [1.54, 1.807) is 0 Å². The molecule has 0 amide bonds. The fourth-order valence-corrected chi connectivity index (χ4v) is 5.59. The van der Waals surface area contributed by atoms with E-state index in [9.17, 15) is 0 Å². The summed E-state index contributed by atoms with van der Waals surface area (Å²) in [6.45, 7) is 6.60. The molecule has 0 saturated carbocycles. The molecular formula is C33H36N2. The summed E-state index contributed by atoms with van der Waals surface area (Å²) in [6, 6.07) is 37.4. The molecule has 4 aromatic carbocycles. The molecular weight excluding hydrogens is 424 g/mol. The van der Waals surface area contributed by atoms with Crippen molar-refractivity contribution in [3.8, 4) is 0 Å². The smallest absolute Gasteiger partial charge is 0.0298 e. The summed E-state index contributed by atoms with van der Waals surface area (Å²) in [5.41, 5.74) is 4.14. The van der Waals surface area contributed by atoms with Crippen LogP contribution in [0, 0.1) is 5.92 Å². The molecule has 1 N–H and O–H groups in total. The van der Waals surface area contributed by atoms with Gasteiger partial charge in [0.05, 0.1) is 0 Å². The Bertz CT molecular complexity index is 1230. The quantitative estimate of drug-likeness (QED) is 0.296. The Balaban J connectivity index is 1.28. The Hall–Kier alpha value is -3.20. The number of hydrogen-bond donors (Lipinski definition) is 1. The van der Waals surface area contributed by atoms with Crippen molar-refractivity contribution in [2.24, 2.45) is 5.92 Å². The molecule has 0 bridgehead atoms. The Morgan fingerprint density at radius 2 is 1.57 bits per heavy atom. The van der Waals surface area contributed by atoms with Crippen LogP contribution in [0.25, 0.3) is 16.8 Å². The SMILES string of the molecule is C[C@@H](NCC1CN(C/C=C/c2ccccc2)CCC1c1ccccc1)c1cccc2ccccc12. The maximum Gasteiger partial charge on any atom is 0.0298 e. The highest BCUT2D eigenvalue weighted by atomic mass is 15.1. The van der Waals surface area contributed by atoms with Crippen LogP contribution in [-0.2, 0) is 0 Å². The topological polar surface area (TPSA) is 15.3 Å². The number of hydrogen-bond acceptors (Lipinski definition) is 2. The van der Waals surface area contributed by atoms with E-state index in [1.807, 2.05) is 0 Å². The lowest BCUT2D eigenvalue weighted by Crippen LogP contribution is -2.44. The predicted octanol–water partition coefficient (Wildman–Crippen LogP) is 7.31. The summed E-state index contributed by atoms with van der Waals surface area (Å²) in [6.07, 6.45) is 5.78. The first-order valence-electron chi connectivity index (χ1n) is 13.0. The van der Waals surface area contributed by atoms with E-state index in [0.29, 0.717) is 17.9 Å². The van der Waals surface area contributed by atoms with Crippen molar-refractivity contribution in [2.75, 3.05) is 26.2 Å². The minimum absolute atomic E-state index is 0.311. The van der Waals surface area contributed by atoms with Gasteiger partial charge in [0, 0.05) is 25.7 Å². The monoisotopic (exact) mass is 460 g/mol. The summed E-state index contributed by atoms with van der Waals surface area (Å²) >= 11 is 0. The van der Waals surface area contributed by atoms with Crippen LogP contribution in [0.3, 0.4) is 0 Å². The number of rotatable bonds is 8. The van der Waals surface area contributed by atoms with Crippen LogP contribution in [0.4, 0.5) is 0 Å². The molecule has 1 fully saturated rings. The molecule has 1 saturated heterocycles. The average molecular weight is 461 g/mol. The van der Waals surface area contributed by atoms with Gasteiger partial charge < -0.3 is 5.32 Å². The third-order valence-corrected chi connectivity index (χ3v) is 7.50. The van der Waals surface area contributed by atoms with Crippen molar-refractivity contribution in [1.82, 2.24) is 10.2 Å². The van der Waals surface area contributed by atoms with Gasteiger partial charge in [-0.15, -0.1) is 0 Å². The zero-order valence-electron chi connectivity index (χ0n) is 20.7. The van der Waals surface area contributed by atoms with Gasteiger partial charge in [-0.1, -0.05) is 115 Å². The van der Waals surface area contributed by atoms with Gasteiger partial charge in [-0.05, 0) is 59.2 Å². The number of nitrogens with one attached hydrogen (secondary N) is 1. The van der Waals surface area contributed by atoms with Gasteiger partial charge in [0.25, 0.3) is 0 Å². The number of likely N-dealkylation sites (tertiary alicyclic amines) is 1. The Morgan fingerprint density at radius 3 is 2.40 bits per heavy atom. The van der Waals surface area contributed by atoms with Gasteiger partial charge in [0.15, 0.2) is 0 Å². The zero-order chi connectivity index (χ0) is 23.9. The highest BCUT2D eigenvalue weighted by molar-refractivity contribution is 5.86. The van der Waals surface area contributed by atoms with Crippen LogP contribution in [0.15, 0.2) is 109 Å². The van der Waals surface area contributed by atoms with Crippen LogP contribution < -0.4 is 5.32 Å². The van der Waals surface area contributed by atoms with Gasteiger partial charge in [-0.3, -0.25) is 4.90 Å². The van der Waals surface area contributed by atoms with Crippen molar-refractivity contribution >= 4 is 16.8 Å². The molecule has 2 unspecified atom stereocenters. The second-order valence-electron chi connectivity index (χ2n) is 9.84. The van der Waals surface area contributed by atoms with Crippen molar-refractivity contribution < 1.29 is 0 Å². The lowest BCUT2D eigenvalue weighted by atomic mass is 9.80. The third-order valence-electron chi connectivity index (χ3n) is 7.50. The van der Waals surface area contributed by atoms with Gasteiger partial charge in [-0.2, -0.15) is 0 Å². The van der Waals surface area contributed by atoms with E-state index in [4.69, 9.17) is 0 Å². The third kappa shape index (κ3) is 5.90. The fourth-order valence-electron chi connectivity index (χ4n) is 5.59. The molecule has 1 aliphatic heterocycles. The fraction of sp³-hybridized carbons (Fsp3) is 0.273. The maximum atomic E-state index is 3.92. The molecule has 0 aliphatic carbocycles. The Morgan fingerprint density at radius 1 is 0.857 bits per heavy atom. The number of nitrogens with zero attached hydrogens (tertiary/aromatic N) is 1. The number of piperidine rings is 1. The van der Waals surface area contributed by atoms with Gasteiger partial charge in [-0.25, -0.2) is 0 Å². The molecule has 1 heterocycles. The molecule has 35 heavy (non-hydrogen) atoms. The molecule has 178 valence electrons.